The molecule has 1 amide bonds. The lowest BCUT2D eigenvalue weighted by Gasteiger charge is -1.83. The number of carbonyl (C=O) groups is 2. The fourth-order valence-corrected chi connectivity index (χ4v) is 0.131. The number of primary amides is 1. The van der Waals surface area contributed by atoms with E-state index in [1.165, 1.54) is 0 Å². The lowest BCUT2D eigenvalue weighted by atomic mass is 10.7. The highest BCUT2D eigenvalue weighted by atomic mass is 19.1. The van der Waals surface area contributed by atoms with Crippen LogP contribution in [-0.4, -0.2) is 24.3 Å². The number of carbonyl (C=O) groups excluding carboxylic acids is 1. The van der Waals surface area contributed by atoms with Gasteiger partial charge in [0.15, 0.2) is 0 Å². The van der Waals surface area contributed by atoms with Gasteiger partial charge in [0, 0.05) is 0 Å². The van der Waals surface area contributed by atoms with E-state index in [1.807, 2.05) is 0 Å². The molecule has 7 heteroatoms. The van der Waals surface area contributed by atoms with Crippen molar-refractivity contribution >= 4 is 12.6 Å². The highest BCUT2D eigenvalue weighted by molar-refractivity contribution is 5.61. The summed E-state index contributed by atoms with van der Waals surface area (Å²) in [5.74, 6) is 0. The molecule has 0 aliphatic rings. The first-order valence-electron chi connectivity index (χ1n) is 2.44. The van der Waals surface area contributed by atoms with Crippen LogP contribution in [0.1, 0.15) is 0 Å². The minimum absolute atomic E-state index is 0. The molecule has 0 spiro atoms. The number of nitrogens with two attached hydrogens (primary N) is 1. The molecule has 0 saturated carbocycles. The fourth-order valence-electron chi connectivity index (χ4n) is 0.131. The Bertz CT molecular complexity index is 135. The van der Waals surface area contributed by atoms with Crippen molar-refractivity contribution in [3.8, 4) is 0 Å². The molecule has 0 radical (unpaired) electrons. The van der Waals surface area contributed by atoms with Gasteiger partial charge >= 0.3 is 6.09 Å². The summed E-state index contributed by atoms with van der Waals surface area (Å²) < 4.78 is 15.0. The third kappa shape index (κ3) is 82.1. The Balaban J connectivity index is -0.000000142. The van der Waals surface area contributed by atoms with E-state index < -0.39 is 6.09 Å². The van der Waals surface area contributed by atoms with Crippen LogP contribution in [-0.2, 0) is 9.53 Å². The summed E-state index contributed by atoms with van der Waals surface area (Å²) in [6, 6.07) is 0. The van der Waals surface area contributed by atoms with Crippen LogP contribution in [0.4, 0.5) is 13.9 Å². The molecule has 0 aromatic heterocycles. The largest absolute Gasteiger partial charge is 0.465 e. The minimum Gasteiger partial charge on any atom is -0.465 e. The number of hydrogen-bond acceptors (Lipinski definition) is 3. The molecule has 0 heterocycles. The van der Waals surface area contributed by atoms with Crippen molar-refractivity contribution in [1.29, 1.82) is 0 Å². The van der Waals surface area contributed by atoms with Crippen molar-refractivity contribution in [2.75, 3.05) is 6.61 Å². The number of carboxylic acid groups (broad SMARTS) is 1. The Labute approximate surface area is 67.0 Å². The topological polar surface area (TPSA) is 89.6 Å². The summed E-state index contributed by atoms with van der Waals surface area (Å²) in [4.78, 5) is 18.1. The first-order valence-corrected chi connectivity index (χ1v) is 2.44. The van der Waals surface area contributed by atoms with E-state index in [9.17, 15) is 9.18 Å². The second kappa shape index (κ2) is 16.2. The molecule has 0 aliphatic carbocycles. The third-order valence-electron chi connectivity index (χ3n) is 0.350. The van der Waals surface area contributed by atoms with E-state index in [4.69, 9.17) is 9.90 Å². The van der Waals surface area contributed by atoms with Gasteiger partial charge in [-0.05, 0) is 6.08 Å². The van der Waals surface area contributed by atoms with Crippen LogP contribution in [0.5, 0.6) is 0 Å². The van der Waals surface area contributed by atoms with Gasteiger partial charge in [-0.1, -0.05) is 0 Å². The zero-order valence-electron chi connectivity index (χ0n) is 5.97. The highest BCUT2D eigenvalue weighted by Gasteiger charge is 1.70. The van der Waals surface area contributed by atoms with Crippen molar-refractivity contribution in [3.05, 3.63) is 12.4 Å². The van der Waals surface area contributed by atoms with E-state index in [1.54, 1.807) is 0 Å². The third-order valence-corrected chi connectivity index (χ3v) is 0.350. The van der Waals surface area contributed by atoms with Crippen molar-refractivity contribution in [1.82, 2.24) is 0 Å². The van der Waals surface area contributed by atoms with Crippen molar-refractivity contribution in [2.45, 2.75) is 0 Å². The fraction of sp³-hybridized carbons (Fsp3) is 0.200. The van der Waals surface area contributed by atoms with Gasteiger partial charge in [0.1, 0.15) is 6.61 Å². The second-order valence-corrected chi connectivity index (χ2v) is 1.13. The van der Waals surface area contributed by atoms with E-state index in [0.29, 0.717) is 6.33 Å². The Morgan fingerprint density at radius 2 is 2.08 bits per heavy atom. The maximum Gasteiger partial charge on any atom is 0.402 e. The lowest BCUT2D eigenvalue weighted by Crippen LogP contribution is -2.03. The zero-order chi connectivity index (χ0) is 9.11. The molecular formula is C5H9F2NO4. The molecule has 0 saturated heterocycles. The van der Waals surface area contributed by atoms with Gasteiger partial charge in [-0.25, -0.2) is 9.18 Å². The molecule has 0 bridgehead atoms. The first kappa shape index (κ1) is 16.7. The Morgan fingerprint density at radius 3 is 2.33 bits per heavy atom. The normalized spacial score (nSPS) is 7.42. The summed E-state index contributed by atoms with van der Waals surface area (Å²) >= 11 is 0. The minimum atomic E-state index is -1.33. The van der Waals surface area contributed by atoms with Gasteiger partial charge in [0.05, 0.1) is 6.33 Å². The smallest absolute Gasteiger partial charge is 0.402 e. The second-order valence-electron chi connectivity index (χ2n) is 1.13. The average molecular weight is 185 g/mol. The van der Waals surface area contributed by atoms with Gasteiger partial charge in [0.25, 0.3) is 6.47 Å². The summed E-state index contributed by atoms with van der Waals surface area (Å²) in [7, 11) is 0. The predicted octanol–water partition coefficient (Wildman–Crippen LogP) is 0.418. The van der Waals surface area contributed by atoms with E-state index in [2.05, 4.69) is 10.5 Å². The van der Waals surface area contributed by atoms with Crippen molar-refractivity contribution < 1.29 is 28.5 Å². The van der Waals surface area contributed by atoms with Crippen LogP contribution in [0, 0.1) is 0 Å². The van der Waals surface area contributed by atoms with E-state index in [-0.39, 0.29) is 17.8 Å². The first-order chi connectivity index (χ1) is 5.15. The van der Waals surface area contributed by atoms with Crippen molar-refractivity contribution in [3.63, 3.8) is 0 Å². The Kier molecular flexibility index (Phi) is 22.5. The summed E-state index contributed by atoms with van der Waals surface area (Å²) in [6.07, 6.45) is 0.0813. The van der Waals surface area contributed by atoms with Crippen LogP contribution in [0.15, 0.2) is 12.4 Å². The molecule has 0 aromatic carbocycles. The van der Waals surface area contributed by atoms with Gasteiger partial charge in [-0.15, -0.1) is 0 Å². The van der Waals surface area contributed by atoms with E-state index >= 15 is 0 Å². The molecule has 12 heavy (non-hydrogen) atoms. The Hall–Kier alpha value is -1.66. The predicted molar refractivity (Wildman–Crippen MR) is 37.0 cm³/mol. The van der Waals surface area contributed by atoms with Crippen LogP contribution < -0.4 is 5.73 Å². The Morgan fingerprint density at radius 1 is 1.67 bits per heavy atom. The van der Waals surface area contributed by atoms with Crippen LogP contribution in [0.3, 0.4) is 0 Å². The SMILES string of the molecule is F.NC(=O)O.O=COCC=CF. The molecule has 0 unspecified atom stereocenters. The van der Waals surface area contributed by atoms with Gasteiger partial charge in [0.2, 0.25) is 0 Å². The monoisotopic (exact) mass is 185 g/mol. The molecule has 72 valence electrons. The number of hydrogen-bond donors (Lipinski definition) is 2. The lowest BCUT2D eigenvalue weighted by molar-refractivity contribution is -0.127. The summed E-state index contributed by atoms with van der Waals surface area (Å²) in [5.41, 5.74) is 4.03. The average Bonchev–Trinajstić information content (AvgIpc) is 1.88. The highest BCUT2D eigenvalue weighted by Crippen LogP contribution is 1.72. The summed E-state index contributed by atoms with van der Waals surface area (Å²) in [5, 5.41) is 7.19. The molecule has 0 aliphatic heterocycles. The van der Waals surface area contributed by atoms with Crippen LogP contribution in [0.25, 0.3) is 0 Å². The van der Waals surface area contributed by atoms with Crippen LogP contribution >= 0.6 is 0 Å². The molecule has 0 atom stereocenters. The quantitative estimate of drug-likeness (QED) is 0.492. The number of amides is 1. The number of halogens is 2. The molecule has 0 fully saturated rings. The number of ether oxygens (including phenoxy) is 1. The van der Waals surface area contributed by atoms with Gasteiger partial charge in [-0.2, -0.15) is 0 Å². The molecule has 5 nitrogen and oxygen atoms in total. The van der Waals surface area contributed by atoms with Gasteiger partial charge in [-0.3, -0.25) is 9.50 Å². The summed E-state index contributed by atoms with van der Waals surface area (Å²) in [6.45, 7) is 0.278. The zero-order valence-corrected chi connectivity index (χ0v) is 5.97. The van der Waals surface area contributed by atoms with Gasteiger partial charge < -0.3 is 15.6 Å². The van der Waals surface area contributed by atoms with E-state index in [0.717, 1.165) is 6.08 Å². The van der Waals surface area contributed by atoms with Crippen LogP contribution in [0.2, 0.25) is 0 Å². The maximum atomic E-state index is 10.9. The number of rotatable bonds is 3. The molecular weight excluding hydrogens is 176 g/mol. The maximum absolute atomic E-state index is 10.9. The van der Waals surface area contributed by atoms with Crippen molar-refractivity contribution in [2.24, 2.45) is 5.73 Å². The molecule has 0 aromatic rings. The standard InChI is InChI=1S/C4H5FO2.CH3NO2.FH/c5-2-1-3-7-4-6;2-1(3)4;/h1-2,4H,3H2;2H2,(H,3,4);1H. The molecule has 3 N–H and O–H groups in total. The molecule has 0 rings (SSSR count).